The van der Waals surface area contributed by atoms with Gasteiger partial charge in [0.1, 0.15) is 0 Å². The van der Waals surface area contributed by atoms with Crippen LogP contribution in [0.2, 0.25) is 0 Å². The van der Waals surface area contributed by atoms with Gasteiger partial charge in [0.15, 0.2) is 0 Å². The number of rotatable bonds is 9. The Morgan fingerprint density at radius 2 is 1.71 bits per heavy atom. The summed E-state index contributed by atoms with van der Waals surface area (Å²) in [6, 6.07) is 0. The Kier molecular flexibility index (Phi) is 9.35. The minimum atomic E-state index is 0.664. The molecule has 0 aromatic rings. The summed E-state index contributed by atoms with van der Waals surface area (Å²) in [4.78, 5) is 2.11. The summed E-state index contributed by atoms with van der Waals surface area (Å²) in [6.45, 7) is 8.44. The molecule has 14 heavy (non-hydrogen) atoms. The SMILES string of the molecule is CCC(C)COCCOCCN(C)C. The molecule has 0 fully saturated rings. The first kappa shape index (κ1) is 13.9. The zero-order valence-electron chi connectivity index (χ0n) is 10.1. The van der Waals surface area contributed by atoms with Crippen molar-refractivity contribution >= 4 is 0 Å². The lowest BCUT2D eigenvalue weighted by atomic mass is 10.1. The number of nitrogens with zero attached hydrogens (tertiary/aromatic N) is 1. The van der Waals surface area contributed by atoms with Gasteiger partial charge in [-0.15, -0.1) is 0 Å². The van der Waals surface area contributed by atoms with E-state index in [0.717, 1.165) is 26.4 Å². The van der Waals surface area contributed by atoms with Crippen LogP contribution in [0.3, 0.4) is 0 Å². The molecule has 86 valence electrons. The van der Waals surface area contributed by atoms with E-state index in [2.05, 4.69) is 18.7 Å². The molecule has 0 N–H and O–H groups in total. The smallest absolute Gasteiger partial charge is 0.0701 e. The van der Waals surface area contributed by atoms with Crippen molar-refractivity contribution in [2.24, 2.45) is 5.92 Å². The molecule has 0 aliphatic carbocycles. The van der Waals surface area contributed by atoms with Crippen molar-refractivity contribution < 1.29 is 9.47 Å². The van der Waals surface area contributed by atoms with E-state index in [0.29, 0.717) is 12.5 Å². The van der Waals surface area contributed by atoms with Crippen LogP contribution in [-0.2, 0) is 9.47 Å². The molecule has 0 aromatic carbocycles. The van der Waals surface area contributed by atoms with E-state index in [9.17, 15) is 0 Å². The summed E-state index contributed by atoms with van der Waals surface area (Å²) >= 11 is 0. The van der Waals surface area contributed by atoms with Crippen LogP contribution < -0.4 is 0 Å². The fourth-order valence-corrected chi connectivity index (χ4v) is 0.869. The summed E-state index contributed by atoms with van der Waals surface area (Å²) in [5.41, 5.74) is 0. The molecule has 3 heteroatoms. The molecule has 1 unspecified atom stereocenters. The lowest BCUT2D eigenvalue weighted by molar-refractivity contribution is 0.0312. The molecule has 0 spiro atoms. The quantitative estimate of drug-likeness (QED) is 0.532. The van der Waals surface area contributed by atoms with Crippen molar-refractivity contribution in [1.82, 2.24) is 4.90 Å². The summed E-state index contributed by atoms with van der Waals surface area (Å²) in [7, 11) is 4.09. The molecule has 0 aliphatic rings. The first-order valence-corrected chi connectivity index (χ1v) is 5.47. The zero-order valence-corrected chi connectivity index (χ0v) is 10.1. The van der Waals surface area contributed by atoms with Crippen LogP contribution in [-0.4, -0.2) is 52.0 Å². The molecular formula is C11H25NO2. The first-order valence-electron chi connectivity index (χ1n) is 5.47. The average Bonchev–Trinajstić information content (AvgIpc) is 2.15. The first-order chi connectivity index (χ1) is 6.66. The molecule has 0 rings (SSSR count). The lowest BCUT2D eigenvalue weighted by Gasteiger charge is -2.11. The van der Waals surface area contributed by atoms with Crippen LogP contribution in [0, 0.1) is 5.92 Å². The molecule has 0 bridgehead atoms. The Hall–Kier alpha value is -0.120. The maximum Gasteiger partial charge on any atom is 0.0701 e. The van der Waals surface area contributed by atoms with Crippen LogP contribution in [0.4, 0.5) is 0 Å². The van der Waals surface area contributed by atoms with Crippen LogP contribution >= 0.6 is 0 Å². The summed E-state index contributed by atoms with van der Waals surface area (Å²) in [5, 5.41) is 0. The second-order valence-corrected chi connectivity index (χ2v) is 4.00. The van der Waals surface area contributed by atoms with Crippen molar-refractivity contribution in [3.63, 3.8) is 0 Å². The van der Waals surface area contributed by atoms with Gasteiger partial charge in [-0.2, -0.15) is 0 Å². The number of hydrogen-bond acceptors (Lipinski definition) is 3. The van der Waals surface area contributed by atoms with Gasteiger partial charge < -0.3 is 14.4 Å². The van der Waals surface area contributed by atoms with Crippen molar-refractivity contribution in [2.75, 3.05) is 47.1 Å². The van der Waals surface area contributed by atoms with Gasteiger partial charge in [0.2, 0.25) is 0 Å². The van der Waals surface area contributed by atoms with Crippen molar-refractivity contribution in [3.05, 3.63) is 0 Å². The van der Waals surface area contributed by atoms with Crippen LogP contribution in [0.1, 0.15) is 20.3 Å². The number of hydrogen-bond donors (Lipinski definition) is 0. The van der Waals surface area contributed by atoms with Gasteiger partial charge in [0, 0.05) is 13.2 Å². The molecular weight excluding hydrogens is 178 g/mol. The third-order valence-corrected chi connectivity index (χ3v) is 2.15. The Bertz CT molecular complexity index is 118. The third kappa shape index (κ3) is 9.96. The van der Waals surface area contributed by atoms with Gasteiger partial charge in [-0.25, -0.2) is 0 Å². The number of ether oxygens (including phenoxy) is 2. The fourth-order valence-electron chi connectivity index (χ4n) is 0.869. The van der Waals surface area contributed by atoms with Gasteiger partial charge in [-0.1, -0.05) is 20.3 Å². The van der Waals surface area contributed by atoms with Gasteiger partial charge in [-0.05, 0) is 20.0 Å². The Labute approximate surface area is 88.4 Å². The predicted molar refractivity (Wildman–Crippen MR) is 59.6 cm³/mol. The van der Waals surface area contributed by atoms with Crippen LogP contribution in [0.5, 0.6) is 0 Å². The molecule has 0 aliphatic heterocycles. The largest absolute Gasteiger partial charge is 0.379 e. The van der Waals surface area contributed by atoms with Crippen LogP contribution in [0.15, 0.2) is 0 Å². The number of likely N-dealkylation sites (N-methyl/N-ethyl adjacent to an activating group) is 1. The summed E-state index contributed by atoms with van der Waals surface area (Å²) in [6.07, 6.45) is 1.18. The van der Waals surface area contributed by atoms with Crippen molar-refractivity contribution in [2.45, 2.75) is 20.3 Å². The average molecular weight is 203 g/mol. The highest BCUT2D eigenvalue weighted by molar-refractivity contribution is 4.46. The normalized spacial score (nSPS) is 13.5. The van der Waals surface area contributed by atoms with Crippen molar-refractivity contribution in [3.8, 4) is 0 Å². The van der Waals surface area contributed by atoms with Crippen LogP contribution in [0.25, 0.3) is 0 Å². The van der Waals surface area contributed by atoms with Gasteiger partial charge >= 0.3 is 0 Å². The van der Waals surface area contributed by atoms with Gasteiger partial charge in [0.25, 0.3) is 0 Å². The summed E-state index contributed by atoms with van der Waals surface area (Å²) in [5.74, 6) is 0.664. The molecule has 0 radical (unpaired) electrons. The fraction of sp³-hybridized carbons (Fsp3) is 1.00. The second kappa shape index (κ2) is 9.44. The highest BCUT2D eigenvalue weighted by Gasteiger charge is 1.97. The van der Waals surface area contributed by atoms with E-state index in [4.69, 9.17) is 9.47 Å². The van der Waals surface area contributed by atoms with E-state index >= 15 is 0 Å². The molecule has 0 saturated heterocycles. The van der Waals surface area contributed by atoms with E-state index < -0.39 is 0 Å². The van der Waals surface area contributed by atoms with Gasteiger partial charge in [-0.3, -0.25) is 0 Å². The maximum atomic E-state index is 5.45. The van der Waals surface area contributed by atoms with E-state index in [-0.39, 0.29) is 0 Å². The minimum Gasteiger partial charge on any atom is -0.379 e. The highest BCUT2D eigenvalue weighted by Crippen LogP contribution is 1.99. The zero-order chi connectivity index (χ0) is 10.8. The maximum absolute atomic E-state index is 5.45. The Morgan fingerprint density at radius 3 is 2.29 bits per heavy atom. The van der Waals surface area contributed by atoms with E-state index in [1.54, 1.807) is 0 Å². The minimum absolute atomic E-state index is 0.664. The molecule has 1 atom stereocenters. The van der Waals surface area contributed by atoms with E-state index in [1.165, 1.54) is 6.42 Å². The Morgan fingerprint density at radius 1 is 1.07 bits per heavy atom. The molecule has 0 amide bonds. The second-order valence-electron chi connectivity index (χ2n) is 4.00. The molecule has 0 heterocycles. The summed E-state index contributed by atoms with van der Waals surface area (Å²) < 4.78 is 10.8. The van der Waals surface area contributed by atoms with Crippen molar-refractivity contribution in [1.29, 1.82) is 0 Å². The van der Waals surface area contributed by atoms with Gasteiger partial charge in [0.05, 0.1) is 19.8 Å². The topological polar surface area (TPSA) is 21.7 Å². The molecule has 3 nitrogen and oxygen atoms in total. The predicted octanol–water partition coefficient (Wildman–Crippen LogP) is 1.63. The van der Waals surface area contributed by atoms with E-state index in [1.807, 2.05) is 14.1 Å². The standard InChI is InChI=1S/C11H25NO2/c1-5-11(2)10-14-9-8-13-7-6-12(3)4/h11H,5-10H2,1-4H3. The molecule has 0 aromatic heterocycles. The monoisotopic (exact) mass is 203 g/mol. The highest BCUT2D eigenvalue weighted by atomic mass is 16.5. The Balaban J connectivity index is 2.99. The molecule has 0 saturated carbocycles. The third-order valence-electron chi connectivity index (χ3n) is 2.15. The lowest BCUT2D eigenvalue weighted by Crippen LogP contribution is -2.19.